The summed E-state index contributed by atoms with van der Waals surface area (Å²) < 4.78 is 1.80. The molecule has 5 heteroatoms. The second-order valence-electron chi connectivity index (χ2n) is 6.44. The minimum atomic E-state index is -0.849. The first kappa shape index (κ1) is 19.2. The summed E-state index contributed by atoms with van der Waals surface area (Å²) in [5, 5.41) is 17.2. The van der Waals surface area contributed by atoms with Gasteiger partial charge in [-0.2, -0.15) is 5.10 Å². The third-order valence-electron chi connectivity index (χ3n) is 4.37. The van der Waals surface area contributed by atoms with Gasteiger partial charge in [-0.25, -0.2) is 4.68 Å². The van der Waals surface area contributed by atoms with Gasteiger partial charge in [0.2, 0.25) is 0 Å². The topological polar surface area (TPSA) is 67.2 Å². The standard InChI is InChI=1S/C23H23N3O2/c1-3-8-17-14-19(15-18(9-4-2)21(17)16-23(27)28)24-22-12-13-26(25-22)20-10-6-5-7-11-20/h3-7,10-15H,1-2,8-9,16H2,(H,24,25)(H,27,28). The van der Waals surface area contributed by atoms with Gasteiger partial charge in [-0.1, -0.05) is 30.4 Å². The molecule has 3 rings (SSSR count). The Hall–Kier alpha value is -3.60. The monoisotopic (exact) mass is 373 g/mol. The fourth-order valence-electron chi connectivity index (χ4n) is 3.19. The van der Waals surface area contributed by atoms with E-state index >= 15 is 0 Å². The van der Waals surface area contributed by atoms with Crippen LogP contribution >= 0.6 is 0 Å². The zero-order valence-corrected chi connectivity index (χ0v) is 15.6. The number of allylic oxidation sites excluding steroid dienone is 2. The fourth-order valence-corrected chi connectivity index (χ4v) is 3.19. The Morgan fingerprint density at radius 2 is 1.71 bits per heavy atom. The third-order valence-corrected chi connectivity index (χ3v) is 4.37. The van der Waals surface area contributed by atoms with Crippen molar-refractivity contribution in [3.05, 3.63) is 96.7 Å². The summed E-state index contributed by atoms with van der Waals surface area (Å²) in [6.07, 6.45) is 6.64. The first-order valence-electron chi connectivity index (χ1n) is 9.07. The van der Waals surface area contributed by atoms with Gasteiger partial charge in [0.25, 0.3) is 0 Å². The van der Waals surface area contributed by atoms with Crippen LogP contribution in [-0.2, 0) is 24.1 Å². The van der Waals surface area contributed by atoms with Crippen molar-refractivity contribution < 1.29 is 9.90 Å². The molecule has 0 aliphatic carbocycles. The highest BCUT2D eigenvalue weighted by Crippen LogP contribution is 2.26. The second-order valence-corrected chi connectivity index (χ2v) is 6.44. The quantitative estimate of drug-likeness (QED) is 0.534. The molecule has 0 fully saturated rings. The molecule has 0 radical (unpaired) electrons. The molecule has 0 atom stereocenters. The first-order chi connectivity index (χ1) is 13.6. The fraction of sp³-hybridized carbons (Fsp3) is 0.130. The van der Waals surface area contributed by atoms with Crippen LogP contribution in [0, 0.1) is 0 Å². The predicted octanol–water partition coefficient (Wildman–Crippen LogP) is 4.70. The number of nitrogens with zero attached hydrogens (tertiary/aromatic N) is 2. The van der Waals surface area contributed by atoms with E-state index < -0.39 is 5.97 Å². The smallest absolute Gasteiger partial charge is 0.307 e. The number of carboxylic acid groups (broad SMARTS) is 1. The first-order valence-corrected chi connectivity index (χ1v) is 9.07. The molecule has 0 aliphatic rings. The van der Waals surface area contributed by atoms with E-state index in [0.29, 0.717) is 18.7 Å². The molecule has 2 N–H and O–H groups in total. The Morgan fingerprint density at radius 3 is 2.29 bits per heavy atom. The lowest BCUT2D eigenvalue weighted by Gasteiger charge is -2.15. The van der Waals surface area contributed by atoms with Crippen molar-refractivity contribution in [1.29, 1.82) is 0 Å². The van der Waals surface area contributed by atoms with Crippen LogP contribution in [0.25, 0.3) is 5.69 Å². The summed E-state index contributed by atoms with van der Waals surface area (Å²) in [5.41, 5.74) is 4.56. The van der Waals surface area contributed by atoms with Crippen molar-refractivity contribution >= 4 is 17.5 Å². The van der Waals surface area contributed by atoms with E-state index in [1.165, 1.54) is 0 Å². The maximum atomic E-state index is 11.3. The molecule has 0 saturated heterocycles. The molecular weight excluding hydrogens is 350 g/mol. The summed E-state index contributed by atoms with van der Waals surface area (Å²) in [6, 6.07) is 15.7. The molecular formula is C23H23N3O2. The molecule has 142 valence electrons. The zero-order chi connectivity index (χ0) is 19.9. The summed E-state index contributed by atoms with van der Waals surface area (Å²) >= 11 is 0. The van der Waals surface area contributed by atoms with Crippen molar-refractivity contribution in [3.63, 3.8) is 0 Å². The minimum absolute atomic E-state index is 0.0186. The van der Waals surface area contributed by atoms with E-state index in [0.717, 1.165) is 28.1 Å². The van der Waals surface area contributed by atoms with Gasteiger partial charge in [0.15, 0.2) is 5.82 Å². The molecule has 1 heterocycles. The SMILES string of the molecule is C=CCc1cc(Nc2ccn(-c3ccccc3)n2)cc(CC=C)c1CC(=O)O. The maximum absolute atomic E-state index is 11.3. The van der Waals surface area contributed by atoms with Crippen molar-refractivity contribution in [2.45, 2.75) is 19.3 Å². The number of nitrogens with one attached hydrogen (secondary N) is 1. The normalized spacial score (nSPS) is 10.4. The summed E-state index contributed by atoms with van der Waals surface area (Å²) in [5.74, 6) is -0.137. The highest BCUT2D eigenvalue weighted by atomic mass is 16.4. The number of hydrogen-bond donors (Lipinski definition) is 2. The number of hydrogen-bond acceptors (Lipinski definition) is 3. The molecule has 28 heavy (non-hydrogen) atoms. The number of carbonyl (C=O) groups is 1. The lowest BCUT2D eigenvalue weighted by Crippen LogP contribution is -2.08. The molecule has 0 amide bonds. The molecule has 0 bridgehead atoms. The van der Waals surface area contributed by atoms with Gasteiger partial charge < -0.3 is 10.4 Å². The summed E-state index contributed by atoms with van der Waals surface area (Å²) in [4.78, 5) is 11.3. The number of aliphatic carboxylic acids is 1. The third kappa shape index (κ3) is 4.57. The Kier molecular flexibility index (Phi) is 6.07. The molecule has 5 nitrogen and oxygen atoms in total. The minimum Gasteiger partial charge on any atom is -0.481 e. The van der Waals surface area contributed by atoms with Gasteiger partial charge in [-0.05, 0) is 53.8 Å². The number of benzene rings is 2. The van der Waals surface area contributed by atoms with E-state index in [1.54, 1.807) is 16.8 Å². The molecule has 1 aromatic heterocycles. The van der Waals surface area contributed by atoms with Crippen molar-refractivity contribution in [1.82, 2.24) is 9.78 Å². The Labute approximate surface area is 164 Å². The lowest BCUT2D eigenvalue weighted by molar-refractivity contribution is -0.136. The molecule has 0 saturated carbocycles. The van der Waals surface area contributed by atoms with E-state index in [4.69, 9.17) is 0 Å². The van der Waals surface area contributed by atoms with Crippen LogP contribution in [-0.4, -0.2) is 20.9 Å². The summed E-state index contributed by atoms with van der Waals surface area (Å²) in [6.45, 7) is 7.60. The lowest BCUT2D eigenvalue weighted by atomic mass is 9.93. The van der Waals surface area contributed by atoms with Crippen LogP contribution in [0.3, 0.4) is 0 Å². The highest BCUT2D eigenvalue weighted by Gasteiger charge is 2.13. The Balaban J connectivity index is 1.93. The molecule has 3 aromatic rings. The van der Waals surface area contributed by atoms with E-state index in [1.807, 2.05) is 54.7 Å². The Bertz CT molecular complexity index is 959. The van der Waals surface area contributed by atoms with Gasteiger partial charge in [-0.3, -0.25) is 4.79 Å². The maximum Gasteiger partial charge on any atom is 0.307 e. The van der Waals surface area contributed by atoms with E-state index in [-0.39, 0.29) is 6.42 Å². The van der Waals surface area contributed by atoms with Crippen LogP contribution in [0.1, 0.15) is 16.7 Å². The van der Waals surface area contributed by atoms with Crippen molar-refractivity contribution in [3.8, 4) is 5.69 Å². The van der Waals surface area contributed by atoms with Gasteiger partial charge >= 0.3 is 5.97 Å². The van der Waals surface area contributed by atoms with Gasteiger partial charge in [0, 0.05) is 18.0 Å². The van der Waals surface area contributed by atoms with Crippen LogP contribution < -0.4 is 5.32 Å². The zero-order valence-electron chi connectivity index (χ0n) is 15.6. The van der Waals surface area contributed by atoms with Crippen molar-refractivity contribution in [2.75, 3.05) is 5.32 Å². The second kappa shape index (κ2) is 8.86. The number of rotatable bonds is 9. The number of anilines is 2. The van der Waals surface area contributed by atoms with Gasteiger partial charge in [-0.15, -0.1) is 13.2 Å². The van der Waals surface area contributed by atoms with Gasteiger partial charge in [0.1, 0.15) is 0 Å². The molecule has 2 aromatic carbocycles. The van der Waals surface area contributed by atoms with E-state index in [9.17, 15) is 9.90 Å². The highest BCUT2D eigenvalue weighted by molar-refractivity contribution is 5.73. The number of aromatic nitrogens is 2. The molecule has 0 spiro atoms. The van der Waals surface area contributed by atoms with Gasteiger partial charge in [0.05, 0.1) is 12.1 Å². The van der Waals surface area contributed by atoms with Crippen molar-refractivity contribution in [2.24, 2.45) is 0 Å². The molecule has 0 unspecified atom stereocenters. The van der Waals surface area contributed by atoms with Crippen LogP contribution in [0.2, 0.25) is 0 Å². The Morgan fingerprint density at radius 1 is 1.07 bits per heavy atom. The predicted molar refractivity (Wildman–Crippen MR) is 112 cm³/mol. The van der Waals surface area contributed by atoms with Crippen LogP contribution in [0.15, 0.2) is 80.0 Å². The van der Waals surface area contributed by atoms with Crippen LogP contribution in [0.5, 0.6) is 0 Å². The number of carboxylic acids is 1. The largest absolute Gasteiger partial charge is 0.481 e. The van der Waals surface area contributed by atoms with Crippen LogP contribution in [0.4, 0.5) is 11.5 Å². The average molecular weight is 373 g/mol. The van der Waals surface area contributed by atoms with E-state index in [2.05, 4.69) is 23.6 Å². The summed E-state index contributed by atoms with van der Waals surface area (Å²) in [7, 11) is 0. The average Bonchev–Trinajstić information content (AvgIpc) is 3.14. The molecule has 0 aliphatic heterocycles. The number of para-hydroxylation sites is 1.